The van der Waals surface area contributed by atoms with Gasteiger partial charge in [-0.25, -0.2) is 0 Å². The molecule has 1 aliphatic heterocycles. The number of methoxy groups -OCH3 is 1. The number of ether oxygens (including phenoxy) is 4. The van der Waals surface area contributed by atoms with Crippen LogP contribution < -0.4 is 0 Å². The van der Waals surface area contributed by atoms with E-state index in [0.717, 1.165) is 25.7 Å². The molecule has 0 saturated carbocycles. The second kappa shape index (κ2) is 11.0. The van der Waals surface area contributed by atoms with Crippen molar-refractivity contribution < 1.29 is 23.7 Å². The van der Waals surface area contributed by atoms with E-state index in [9.17, 15) is 4.79 Å². The molecule has 23 heavy (non-hydrogen) atoms. The largest absolute Gasteiger partial charge is 0.460 e. The van der Waals surface area contributed by atoms with Crippen molar-refractivity contribution >= 4 is 5.97 Å². The Kier molecular flexibility index (Phi) is 9.75. The normalized spacial score (nSPS) is 27.9. The van der Waals surface area contributed by atoms with Crippen LogP contribution in [0.5, 0.6) is 0 Å². The van der Waals surface area contributed by atoms with Gasteiger partial charge in [0, 0.05) is 26.7 Å². The molecule has 0 aromatic rings. The Morgan fingerprint density at radius 3 is 2.61 bits per heavy atom. The molecule has 0 spiro atoms. The van der Waals surface area contributed by atoms with Gasteiger partial charge in [0.15, 0.2) is 0 Å². The predicted octanol–water partition coefficient (Wildman–Crippen LogP) is 3.34. The molecule has 5 nitrogen and oxygen atoms in total. The van der Waals surface area contributed by atoms with Crippen molar-refractivity contribution in [3.05, 3.63) is 0 Å². The summed E-state index contributed by atoms with van der Waals surface area (Å²) < 4.78 is 22.9. The minimum Gasteiger partial charge on any atom is -0.460 e. The fraction of sp³-hybridized carbons (Fsp3) is 0.944. The maximum Gasteiger partial charge on any atom is 0.306 e. The highest BCUT2D eigenvalue weighted by molar-refractivity contribution is 5.69. The van der Waals surface area contributed by atoms with E-state index in [2.05, 4.69) is 13.8 Å². The summed E-state index contributed by atoms with van der Waals surface area (Å²) in [5.41, 5.74) is 0. The molecule has 136 valence electrons. The van der Waals surface area contributed by atoms with Crippen molar-refractivity contribution in [2.24, 2.45) is 5.92 Å². The smallest absolute Gasteiger partial charge is 0.306 e. The van der Waals surface area contributed by atoms with Gasteiger partial charge >= 0.3 is 5.97 Å². The van der Waals surface area contributed by atoms with E-state index in [1.165, 1.54) is 0 Å². The number of hydrogen-bond acceptors (Lipinski definition) is 5. The van der Waals surface area contributed by atoms with Gasteiger partial charge < -0.3 is 18.9 Å². The van der Waals surface area contributed by atoms with Crippen molar-refractivity contribution in [1.82, 2.24) is 0 Å². The van der Waals surface area contributed by atoms with Crippen LogP contribution in [0.4, 0.5) is 0 Å². The number of rotatable bonds is 8. The molecule has 1 heterocycles. The third-order valence-electron chi connectivity index (χ3n) is 4.15. The Bertz CT molecular complexity index is 331. The molecule has 4 atom stereocenters. The summed E-state index contributed by atoms with van der Waals surface area (Å²) in [7, 11) is 1.70. The van der Waals surface area contributed by atoms with Crippen molar-refractivity contribution in [1.29, 1.82) is 0 Å². The van der Waals surface area contributed by atoms with Gasteiger partial charge in [-0.2, -0.15) is 0 Å². The van der Waals surface area contributed by atoms with E-state index in [4.69, 9.17) is 18.9 Å². The molecule has 1 rings (SSSR count). The van der Waals surface area contributed by atoms with Crippen molar-refractivity contribution in [2.75, 3.05) is 20.3 Å². The lowest BCUT2D eigenvalue weighted by Crippen LogP contribution is -2.42. The van der Waals surface area contributed by atoms with Crippen LogP contribution in [-0.4, -0.2) is 50.7 Å². The summed E-state index contributed by atoms with van der Waals surface area (Å²) in [6, 6.07) is 0. The molecule has 1 saturated heterocycles. The topological polar surface area (TPSA) is 54.0 Å². The quantitative estimate of drug-likeness (QED) is 0.639. The number of cyclic esters (lactones) is 1. The van der Waals surface area contributed by atoms with E-state index >= 15 is 0 Å². The molecule has 0 aliphatic carbocycles. The zero-order valence-corrected chi connectivity index (χ0v) is 15.4. The highest BCUT2D eigenvalue weighted by Crippen LogP contribution is 2.22. The minimum atomic E-state index is -0.296. The fourth-order valence-corrected chi connectivity index (χ4v) is 2.64. The standard InChI is InChI=1S/C18H34O5/c1-13(2)12-22-16-8-6-7-9-17(19)23-15(4)18(16)21-11-10-14(3)20-5/h13-16,18H,6-12H2,1-5H3/t14?,15-,16-,18-/m0/s1. The van der Waals surface area contributed by atoms with Crippen LogP contribution in [0.15, 0.2) is 0 Å². The molecular weight excluding hydrogens is 296 g/mol. The number of carbonyl (C=O) groups is 1. The van der Waals surface area contributed by atoms with Crippen LogP contribution in [0.1, 0.15) is 59.8 Å². The van der Waals surface area contributed by atoms with Crippen LogP contribution in [0.3, 0.4) is 0 Å². The Labute approximate surface area is 141 Å². The Morgan fingerprint density at radius 1 is 1.22 bits per heavy atom. The van der Waals surface area contributed by atoms with Crippen LogP contribution in [0, 0.1) is 5.92 Å². The van der Waals surface area contributed by atoms with E-state index in [1.807, 2.05) is 13.8 Å². The van der Waals surface area contributed by atoms with Gasteiger partial charge in [-0.05, 0) is 39.0 Å². The number of carbonyl (C=O) groups excluding carboxylic acids is 1. The van der Waals surface area contributed by atoms with E-state index in [-0.39, 0.29) is 30.4 Å². The lowest BCUT2D eigenvalue weighted by molar-refractivity contribution is -0.167. The Balaban J connectivity index is 2.69. The maximum atomic E-state index is 11.8. The summed E-state index contributed by atoms with van der Waals surface area (Å²) >= 11 is 0. The average Bonchev–Trinajstić information content (AvgIpc) is 2.56. The van der Waals surface area contributed by atoms with Crippen LogP contribution in [0.25, 0.3) is 0 Å². The first-order valence-corrected chi connectivity index (χ1v) is 8.89. The van der Waals surface area contributed by atoms with Crippen LogP contribution in [-0.2, 0) is 23.7 Å². The van der Waals surface area contributed by atoms with E-state index in [1.54, 1.807) is 7.11 Å². The highest BCUT2D eigenvalue weighted by atomic mass is 16.6. The fourth-order valence-electron chi connectivity index (χ4n) is 2.64. The third-order valence-corrected chi connectivity index (χ3v) is 4.15. The summed E-state index contributed by atoms with van der Waals surface area (Å²) in [6.45, 7) is 9.45. The van der Waals surface area contributed by atoms with E-state index < -0.39 is 0 Å². The molecule has 5 heteroatoms. The molecule has 0 bridgehead atoms. The first-order valence-electron chi connectivity index (χ1n) is 8.89. The highest BCUT2D eigenvalue weighted by Gasteiger charge is 2.32. The van der Waals surface area contributed by atoms with Gasteiger partial charge in [0.2, 0.25) is 0 Å². The third kappa shape index (κ3) is 8.13. The summed E-state index contributed by atoms with van der Waals surface area (Å²) in [5, 5.41) is 0. The predicted molar refractivity (Wildman–Crippen MR) is 89.4 cm³/mol. The average molecular weight is 330 g/mol. The summed E-state index contributed by atoms with van der Waals surface area (Å²) in [5.74, 6) is 0.329. The van der Waals surface area contributed by atoms with Crippen molar-refractivity contribution in [3.63, 3.8) is 0 Å². The number of hydrogen-bond donors (Lipinski definition) is 0. The van der Waals surface area contributed by atoms with Crippen LogP contribution >= 0.6 is 0 Å². The monoisotopic (exact) mass is 330 g/mol. The molecule has 1 fully saturated rings. The van der Waals surface area contributed by atoms with Gasteiger partial charge in [-0.1, -0.05) is 20.3 Å². The summed E-state index contributed by atoms with van der Waals surface area (Å²) in [6.07, 6.45) is 3.60. The van der Waals surface area contributed by atoms with Gasteiger partial charge in [0.1, 0.15) is 12.2 Å². The van der Waals surface area contributed by atoms with Crippen molar-refractivity contribution in [3.8, 4) is 0 Å². The molecule has 1 unspecified atom stereocenters. The molecule has 0 aromatic carbocycles. The van der Waals surface area contributed by atoms with Gasteiger partial charge in [0.05, 0.1) is 12.2 Å². The first kappa shape index (κ1) is 20.4. The Hall–Kier alpha value is -0.650. The second-order valence-electron chi connectivity index (χ2n) is 6.88. The lowest BCUT2D eigenvalue weighted by atomic mass is 10.0. The number of esters is 1. The zero-order chi connectivity index (χ0) is 17.2. The second-order valence-corrected chi connectivity index (χ2v) is 6.88. The molecule has 1 aliphatic rings. The summed E-state index contributed by atoms with van der Waals surface area (Å²) in [4.78, 5) is 11.8. The molecule has 0 aromatic heterocycles. The zero-order valence-electron chi connectivity index (χ0n) is 15.4. The lowest BCUT2D eigenvalue weighted by Gasteiger charge is -2.31. The van der Waals surface area contributed by atoms with Gasteiger partial charge in [0.25, 0.3) is 0 Å². The Morgan fingerprint density at radius 2 is 1.96 bits per heavy atom. The molecule has 0 amide bonds. The first-order chi connectivity index (χ1) is 10.9. The molecular formula is C18H34O5. The maximum absolute atomic E-state index is 11.8. The van der Waals surface area contributed by atoms with Crippen molar-refractivity contribution in [2.45, 2.75) is 84.2 Å². The SMILES string of the molecule is COC(C)CCO[C@H]1[C@H](C)OC(=O)CCCC[C@@H]1OCC(C)C. The minimum absolute atomic E-state index is 0.0313. The van der Waals surface area contributed by atoms with Gasteiger partial charge in [-0.3, -0.25) is 4.79 Å². The van der Waals surface area contributed by atoms with Gasteiger partial charge in [-0.15, -0.1) is 0 Å². The van der Waals surface area contributed by atoms with E-state index in [0.29, 0.717) is 25.6 Å². The molecule has 0 radical (unpaired) electrons. The molecule has 0 N–H and O–H groups in total. The van der Waals surface area contributed by atoms with Crippen LogP contribution in [0.2, 0.25) is 0 Å².